The number of nitrogens with two attached hydrogens (primary N) is 1. The number of rotatable bonds is 4. The average Bonchev–Trinajstić information content (AvgIpc) is 2.72. The Morgan fingerprint density at radius 1 is 1.23 bits per heavy atom. The molecule has 10 nitrogen and oxygen atoms in total. The molecular formula is C21H24N6O4. The number of anilines is 3. The van der Waals surface area contributed by atoms with Crippen LogP contribution in [0.5, 0.6) is 0 Å². The second-order valence-electron chi connectivity index (χ2n) is 7.98. The fourth-order valence-electron chi connectivity index (χ4n) is 4.06. The fourth-order valence-corrected chi connectivity index (χ4v) is 4.06. The highest BCUT2D eigenvalue weighted by Gasteiger charge is 2.35. The van der Waals surface area contributed by atoms with Gasteiger partial charge in [0.15, 0.2) is 0 Å². The minimum atomic E-state index is -0.949. The number of H-pyrrole nitrogens is 1. The van der Waals surface area contributed by atoms with Gasteiger partial charge in [-0.15, -0.1) is 0 Å². The predicted molar refractivity (Wildman–Crippen MR) is 115 cm³/mol. The van der Waals surface area contributed by atoms with Gasteiger partial charge in [-0.25, -0.2) is 0 Å². The highest BCUT2D eigenvalue weighted by molar-refractivity contribution is 6.04. The maximum Gasteiger partial charge on any atom is 0.258 e. The third-order valence-corrected chi connectivity index (χ3v) is 5.74. The monoisotopic (exact) mass is 424 g/mol. The summed E-state index contributed by atoms with van der Waals surface area (Å²) >= 11 is 0. The largest absolute Gasteiger partial charge is 0.369 e. The van der Waals surface area contributed by atoms with Crippen LogP contribution in [0.4, 0.5) is 17.5 Å². The maximum atomic E-state index is 12.9. The molecule has 0 spiro atoms. The van der Waals surface area contributed by atoms with E-state index < -0.39 is 17.4 Å². The quantitative estimate of drug-likeness (QED) is 0.571. The zero-order valence-electron chi connectivity index (χ0n) is 17.1. The van der Waals surface area contributed by atoms with Gasteiger partial charge in [0.1, 0.15) is 5.82 Å². The first-order valence-corrected chi connectivity index (χ1v) is 10.2. The van der Waals surface area contributed by atoms with Crippen LogP contribution >= 0.6 is 0 Å². The van der Waals surface area contributed by atoms with Crippen molar-refractivity contribution in [2.45, 2.75) is 32.1 Å². The number of hydrogen-bond acceptors (Lipinski definition) is 6. The topological polar surface area (TPSA) is 150 Å². The Hall–Kier alpha value is -3.69. The summed E-state index contributed by atoms with van der Waals surface area (Å²) < 4.78 is 0. The summed E-state index contributed by atoms with van der Waals surface area (Å²) in [6.07, 6.45) is 0.979. The Labute approximate surface area is 178 Å². The van der Waals surface area contributed by atoms with Crippen molar-refractivity contribution in [1.29, 1.82) is 0 Å². The molecule has 0 bridgehead atoms. The lowest BCUT2D eigenvalue weighted by Crippen LogP contribution is -2.41. The zero-order valence-corrected chi connectivity index (χ0v) is 17.1. The lowest BCUT2D eigenvalue weighted by Gasteiger charge is -2.32. The maximum absolute atomic E-state index is 12.9. The van der Waals surface area contributed by atoms with E-state index in [0.717, 1.165) is 5.56 Å². The third kappa shape index (κ3) is 4.27. The van der Waals surface area contributed by atoms with Crippen molar-refractivity contribution in [2.24, 2.45) is 11.7 Å². The number of nitrogens with one attached hydrogen (secondary N) is 3. The van der Waals surface area contributed by atoms with Crippen LogP contribution in [0.3, 0.4) is 0 Å². The standard InChI is InChI=1S/C21H24N6O4/c1-11-3-2-4-13(9-11)23-19(30)14-10-15(28)24-18-16(14)20(31)26-21(25-18)27-7-5-12(6-8-27)17(22)29/h2-4,9,12,14H,5-8,10H2,1H3,(H2,22,29)(H,23,30)(H2,24,25,26,28,31)/t14-/m0/s1. The summed E-state index contributed by atoms with van der Waals surface area (Å²) in [6, 6.07) is 7.27. The number of aromatic nitrogens is 2. The predicted octanol–water partition coefficient (Wildman–Crippen LogP) is 0.845. The normalized spacial score (nSPS) is 18.8. The van der Waals surface area contributed by atoms with Gasteiger partial charge in [0, 0.05) is 31.1 Å². The number of carbonyl (C=O) groups is 3. The molecule has 0 radical (unpaired) electrons. The van der Waals surface area contributed by atoms with Crippen molar-refractivity contribution >= 4 is 35.2 Å². The molecule has 2 aliphatic heterocycles. The van der Waals surface area contributed by atoms with Crippen LogP contribution in [0, 0.1) is 12.8 Å². The molecule has 0 unspecified atom stereocenters. The first-order chi connectivity index (χ1) is 14.8. The summed E-state index contributed by atoms with van der Waals surface area (Å²) in [4.78, 5) is 58.4. The number of benzene rings is 1. The van der Waals surface area contributed by atoms with Gasteiger partial charge >= 0.3 is 0 Å². The minimum Gasteiger partial charge on any atom is -0.369 e. The fraction of sp³-hybridized carbons (Fsp3) is 0.381. The smallest absolute Gasteiger partial charge is 0.258 e. The van der Waals surface area contributed by atoms with E-state index in [0.29, 0.717) is 37.6 Å². The lowest BCUT2D eigenvalue weighted by molar-refractivity contribution is -0.123. The van der Waals surface area contributed by atoms with Crippen molar-refractivity contribution in [3.8, 4) is 0 Å². The first-order valence-electron chi connectivity index (χ1n) is 10.2. The number of aryl methyl sites for hydroxylation is 1. The first kappa shape index (κ1) is 20.6. The second kappa shape index (κ2) is 8.21. The molecule has 3 heterocycles. The molecule has 1 saturated heterocycles. The zero-order chi connectivity index (χ0) is 22.1. The van der Waals surface area contributed by atoms with E-state index in [1.165, 1.54) is 0 Å². The summed E-state index contributed by atoms with van der Waals surface area (Å²) in [5, 5.41) is 5.40. The molecule has 2 aromatic rings. The minimum absolute atomic E-state index is 0.0939. The van der Waals surface area contributed by atoms with Gasteiger partial charge in [0.05, 0.1) is 11.5 Å². The number of fused-ring (bicyclic) bond motifs is 1. The van der Waals surface area contributed by atoms with Crippen molar-refractivity contribution in [2.75, 3.05) is 28.6 Å². The van der Waals surface area contributed by atoms with Crippen LogP contribution in [0.2, 0.25) is 0 Å². The van der Waals surface area contributed by atoms with E-state index in [4.69, 9.17) is 5.73 Å². The molecule has 0 aliphatic carbocycles. The van der Waals surface area contributed by atoms with Gasteiger partial charge in [-0.3, -0.25) is 24.2 Å². The second-order valence-corrected chi connectivity index (χ2v) is 7.98. The Balaban J connectivity index is 1.59. The Morgan fingerprint density at radius 3 is 2.65 bits per heavy atom. The van der Waals surface area contributed by atoms with E-state index >= 15 is 0 Å². The van der Waals surface area contributed by atoms with Crippen molar-refractivity contribution in [3.05, 3.63) is 45.7 Å². The third-order valence-electron chi connectivity index (χ3n) is 5.74. The highest BCUT2D eigenvalue weighted by Crippen LogP contribution is 2.31. The molecule has 1 aromatic heterocycles. The number of amides is 3. The number of carbonyl (C=O) groups excluding carboxylic acids is 3. The summed E-state index contributed by atoms with van der Waals surface area (Å²) in [7, 11) is 0. The van der Waals surface area contributed by atoms with Crippen LogP contribution in [0.25, 0.3) is 0 Å². The van der Waals surface area contributed by atoms with Crippen molar-refractivity contribution in [1.82, 2.24) is 9.97 Å². The number of hydrogen-bond donors (Lipinski definition) is 4. The molecule has 1 atom stereocenters. The van der Waals surface area contributed by atoms with E-state index in [1.54, 1.807) is 6.07 Å². The van der Waals surface area contributed by atoms with Gasteiger partial charge < -0.3 is 21.3 Å². The van der Waals surface area contributed by atoms with Crippen molar-refractivity contribution in [3.63, 3.8) is 0 Å². The lowest BCUT2D eigenvalue weighted by atomic mass is 9.92. The molecular weight excluding hydrogens is 400 g/mol. The van der Waals surface area contributed by atoms with E-state index in [1.807, 2.05) is 30.0 Å². The summed E-state index contributed by atoms with van der Waals surface area (Å²) in [5.74, 6) is -1.91. The molecule has 1 aromatic carbocycles. The highest BCUT2D eigenvalue weighted by atomic mass is 16.2. The molecule has 3 amide bonds. The van der Waals surface area contributed by atoms with Gasteiger partial charge in [0.2, 0.25) is 23.7 Å². The molecule has 5 N–H and O–H groups in total. The van der Waals surface area contributed by atoms with E-state index in [2.05, 4.69) is 20.6 Å². The SMILES string of the molecule is Cc1cccc(NC(=O)[C@H]2CC(=O)Nc3nc(N4CCC(C(N)=O)CC4)[nH]c(=O)c32)c1. The van der Waals surface area contributed by atoms with Gasteiger partial charge in [-0.2, -0.15) is 4.98 Å². The number of primary amides is 1. The number of aromatic amines is 1. The van der Waals surface area contributed by atoms with Crippen LogP contribution in [-0.2, 0) is 14.4 Å². The number of piperidine rings is 1. The molecule has 1 fully saturated rings. The van der Waals surface area contributed by atoms with Gasteiger partial charge in [-0.1, -0.05) is 12.1 Å². The average molecular weight is 424 g/mol. The number of nitrogens with zero attached hydrogens (tertiary/aromatic N) is 2. The van der Waals surface area contributed by atoms with Crippen LogP contribution in [0.15, 0.2) is 29.1 Å². The van der Waals surface area contributed by atoms with Crippen LogP contribution in [0.1, 0.15) is 36.3 Å². The van der Waals surface area contributed by atoms with Crippen LogP contribution in [-0.4, -0.2) is 40.8 Å². The molecule has 162 valence electrons. The summed E-state index contributed by atoms with van der Waals surface area (Å²) in [6.45, 7) is 2.91. The Morgan fingerprint density at radius 2 is 1.97 bits per heavy atom. The molecule has 31 heavy (non-hydrogen) atoms. The van der Waals surface area contributed by atoms with Crippen molar-refractivity contribution < 1.29 is 14.4 Å². The van der Waals surface area contributed by atoms with E-state index in [9.17, 15) is 19.2 Å². The molecule has 4 rings (SSSR count). The van der Waals surface area contributed by atoms with E-state index in [-0.39, 0.29) is 35.5 Å². The summed E-state index contributed by atoms with van der Waals surface area (Å²) in [5.41, 5.74) is 6.61. The molecule has 2 aliphatic rings. The Bertz CT molecular complexity index is 1100. The van der Waals surface area contributed by atoms with Gasteiger partial charge in [-0.05, 0) is 37.5 Å². The van der Waals surface area contributed by atoms with Gasteiger partial charge in [0.25, 0.3) is 5.56 Å². The molecule has 10 heteroatoms. The Kier molecular flexibility index (Phi) is 5.45. The molecule has 0 saturated carbocycles. The van der Waals surface area contributed by atoms with Crippen LogP contribution < -0.4 is 26.8 Å².